The number of hydrogen-bond donors (Lipinski definition) is 0. The number of nitrogens with zero attached hydrogens (tertiary/aromatic N) is 2. The number of hydrogen-bond acceptors (Lipinski definition) is 5. The van der Waals surface area contributed by atoms with Crippen molar-refractivity contribution < 1.29 is 14.3 Å². The van der Waals surface area contributed by atoms with E-state index < -0.39 is 0 Å². The van der Waals surface area contributed by atoms with Crippen molar-refractivity contribution in [3.05, 3.63) is 22.4 Å². The molecule has 0 N–H and O–H groups in total. The molecule has 21 heavy (non-hydrogen) atoms. The maximum atomic E-state index is 12.5. The molecule has 1 saturated heterocycles. The first-order valence-electron chi connectivity index (χ1n) is 7.27. The highest BCUT2D eigenvalue weighted by Gasteiger charge is 2.31. The molecule has 1 aromatic heterocycles. The molecule has 2 rings (SSSR count). The minimum atomic E-state index is -0.305. The Kier molecular flexibility index (Phi) is 5.76. The number of likely N-dealkylation sites (N-methyl/N-ethyl adjacent to an activating group) is 1. The van der Waals surface area contributed by atoms with Crippen LogP contribution < -0.4 is 0 Å². The van der Waals surface area contributed by atoms with Gasteiger partial charge in [0.1, 0.15) is 0 Å². The number of rotatable bonds is 6. The van der Waals surface area contributed by atoms with E-state index in [-0.39, 0.29) is 31.0 Å². The SMILES string of the molecule is CCN(CC(=O)OC)CC(=O)N1CCCC1c1cccs1. The number of methoxy groups -OCH3 is 1. The summed E-state index contributed by atoms with van der Waals surface area (Å²) in [6.45, 7) is 3.83. The molecular formula is C15H22N2O3S. The molecule has 0 bridgehead atoms. The smallest absolute Gasteiger partial charge is 0.319 e. The number of thiophene rings is 1. The van der Waals surface area contributed by atoms with Gasteiger partial charge in [-0.15, -0.1) is 11.3 Å². The third-order valence-electron chi connectivity index (χ3n) is 3.83. The van der Waals surface area contributed by atoms with Crippen molar-refractivity contribution in [3.8, 4) is 0 Å². The Morgan fingerprint density at radius 1 is 1.48 bits per heavy atom. The zero-order chi connectivity index (χ0) is 15.2. The number of esters is 1. The summed E-state index contributed by atoms with van der Waals surface area (Å²) in [5, 5.41) is 2.05. The van der Waals surface area contributed by atoms with Gasteiger partial charge in [-0.1, -0.05) is 13.0 Å². The first-order valence-corrected chi connectivity index (χ1v) is 8.15. The van der Waals surface area contributed by atoms with Crippen molar-refractivity contribution in [2.45, 2.75) is 25.8 Å². The summed E-state index contributed by atoms with van der Waals surface area (Å²) in [7, 11) is 1.37. The van der Waals surface area contributed by atoms with Crippen LogP contribution in [0.4, 0.5) is 0 Å². The lowest BCUT2D eigenvalue weighted by Crippen LogP contribution is -2.42. The predicted molar refractivity (Wildman–Crippen MR) is 82.1 cm³/mol. The van der Waals surface area contributed by atoms with Crippen LogP contribution in [0.5, 0.6) is 0 Å². The van der Waals surface area contributed by atoms with E-state index in [1.54, 1.807) is 11.3 Å². The molecule has 0 radical (unpaired) electrons. The fourth-order valence-electron chi connectivity index (χ4n) is 2.65. The van der Waals surface area contributed by atoms with Gasteiger partial charge in [-0.25, -0.2) is 0 Å². The van der Waals surface area contributed by atoms with E-state index in [2.05, 4.69) is 10.8 Å². The minimum Gasteiger partial charge on any atom is -0.468 e. The van der Waals surface area contributed by atoms with Crippen molar-refractivity contribution in [2.75, 3.05) is 33.3 Å². The summed E-state index contributed by atoms with van der Waals surface area (Å²) < 4.78 is 4.67. The second-order valence-corrected chi connectivity index (χ2v) is 6.12. The van der Waals surface area contributed by atoms with Gasteiger partial charge in [-0.2, -0.15) is 0 Å². The van der Waals surface area contributed by atoms with Gasteiger partial charge < -0.3 is 9.64 Å². The van der Waals surface area contributed by atoms with Gasteiger partial charge in [0, 0.05) is 11.4 Å². The molecule has 1 amide bonds. The van der Waals surface area contributed by atoms with E-state index in [1.807, 2.05) is 28.2 Å². The Balaban J connectivity index is 1.96. The lowest BCUT2D eigenvalue weighted by molar-refractivity contribution is -0.143. The number of likely N-dealkylation sites (tertiary alicyclic amines) is 1. The summed E-state index contributed by atoms with van der Waals surface area (Å²) in [6.07, 6.45) is 2.06. The van der Waals surface area contributed by atoms with E-state index in [4.69, 9.17) is 0 Å². The van der Waals surface area contributed by atoms with Crippen molar-refractivity contribution >= 4 is 23.2 Å². The van der Waals surface area contributed by atoms with Gasteiger partial charge in [-0.05, 0) is 30.8 Å². The molecule has 1 aliphatic heterocycles. The zero-order valence-corrected chi connectivity index (χ0v) is 13.4. The third-order valence-corrected chi connectivity index (χ3v) is 4.80. The third kappa shape index (κ3) is 4.04. The number of amides is 1. The molecule has 1 aliphatic rings. The first-order chi connectivity index (χ1) is 10.2. The van der Waals surface area contributed by atoms with Crippen LogP contribution >= 0.6 is 11.3 Å². The molecule has 5 nitrogen and oxygen atoms in total. The first kappa shape index (κ1) is 16.0. The fraction of sp³-hybridized carbons (Fsp3) is 0.600. The second-order valence-electron chi connectivity index (χ2n) is 5.14. The number of carbonyl (C=O) groups excluding carboxylic acids is 2. The molecule has 1 fully saturated rings. The molecule has 1 unspecified atom stereocenters. The van der Waals surface area contributed by atoms with Crippen LogP contribution in [0.2, 0.25) is 0 Å². The van der Waals surface area contributed by atoms with E-state index in [9.17, 15) is 9.59 Å². The van der Waals surface area contributed by atoms with E-state index in [0.717, 1.165) is 19.4 Å². The van der Waals surface area contributed by atoms with Crippen LogP contribution in [0, 0.1) is 0 Å². The van der Waals surface area contributed by atoms with Crippen LogP contribution in [0.15, 0.2) is 17.5 Å². The van der Waals surface area contributed by atoms with Crippen LogP contribution in [0.3, 0.4) is 0 Å². The van der Waals surface area contributed by atoms with E-state index in [1.165, 1.54) is 12.0 Å². The van der Waals surface area contributed by atoms with Crippen LogP contribution in [0.25, 0.3) is 0 Å². The summed E-state index contributed by atoms with van der Waals surface area (Å²) in [5.74, 6) is -0.211. The topological polar surface area (TPSA) is 49.9 Å². The summed E-state index contributed by atoms with van der Waals surface area (Å²) in [5.41, 5.74) is 0. The Labute approximate surface area is 129 Å². The van der Waals surface area contributed by atoms with Crippen LogP contribution in [-0.2, 0) is 14.3 Å². The lowest BCUT2D eigenvalue weighted by Gasteiger charge is -2.27. The molecule has 2 heterocycles. The van der Waals surface area contributed by atoms with Crippen LogP contribution in [-0.4, -0.2) is 55.0 Å². The van der Waals surface area contributed by atoms with E-state index >= 15 is 0 Å². The molecule has 6 heteroatoms. The molecule has 1 aromatic rings. The Hall–Kier alpha value is -1.40. The average Bonchev–Trinajstić information content (AvgIpc) is 3.15. The van der Waals surface area contributed by atoms with Gasteiger partial charge >= 0.3 is 5.97 Å². The fourth-order valence-corrected chi connectivity index (χ4v) is 3.52. The molecular weight excluding hydrogens is 288 g/mol. The highest BCUT2D eigenvalue weighted by Crippen LogP contribution is 2.34. The van der Waals surface area contributed by atoms with Crippen molar-refractivity contribution in [1.29, 1.82) is 0 Å². The molecule has 0 aliphatic carbocycles. The molecule has 0 saturated carbocycles. The Morgan fingerprint density at radius 2 is 2.29 bits per heavy atom. The quantitative estimate of drug-likeness (QED) is 0.753. The van der Waals surface area contributed by atoms with Gasteiger partial charge in [0.15, 0.2) is 0 Å². The lowest BCUT2D eigenvalue weighted by atomic mass is 10.2. The maximum Gasteiger partial charge on any atom is 0.319 e. The van der Waals surface area contributed by atoms with Crippen molar-refractivity contribution in [3.63, 3.8) is 0 Å². The predicted octanol–water partition coefficient (Wildman–Crippen LogP) is 1.91. The largest absolute Gasteiger partial charge is 0.468 e. The summed E-state index contributed by atoms with van der Waals surface area (Å²) >= 11 is 1.70. The average molecular weight is 310 g/mol. The summed E-state index contributed by atoms with van der Waals surface area (Å²) in [4.78, 5) is 28.9. The maximum absolute atomic E-state index is 12.5. The Bertz CT molecular complexity index is 475. The van der Waals surface area contributed by atoms with Gasteiger partial charge in [0.25, 0.3) is 0 Å². The normalized spacial score (nSPS) is 18.2. The summed E-state index contributed by atoms with van der Waals surface area (Å²) in [6, 6.07) is 4.32. The van der Waals surface area contributed by atoms with Gasteiger partial charge in [0.05, 0.1) is 26.2 Å². The van der Waals surface area contributed by atoms with Crippen molar-refractivity contribution in [2.24, 2.45) is 0 Å². The number of ether oxygens (including phenoxy) is 1. The monoisotopic (exact) mass is 310 g/mol. The minimum absolute atomic E-state index is 0.0941. The molecule has 0 aromatic carbocycles. The highest BCUT2D eigenvalue weighted by atomic mass is 32.1. The van der Waals surface area contributed by atoms with Gasteiger partial charge in [0.2, 0.25) is 5.91 Å². The number of carbonyl (C=O) groups is 2. The van der Waals surface area contributed by atoms with Gasteiger partial charge in [-0.3, -0.25) is 14.5 Å². The van der Waals surface area contributed by atoms with Crippen molar-refractivity contribution in [1.82, 2.24) is 9.80 Å². The molecule has 1 atom stereocenters. The van der Waals surface area contributed by atoms with E-state index in [0.29, 0.717) is 6.54 Å². The highest BCUT2D eigenvalue weighted by molar-refractivity contribution is 7.10. The van der Waals surface area contributed by atoms with Crippen LogP contribution in [0.1, 0.15) is 30.7 Å². The zero-order valence-electron chi connectivity index (χ0n) is 12.6. The second kappa shape index (κ2) is 7.56. The Morgan fingerprint density at radius 3 is 2.90 bits per heavy atom. The molecule has 0 spiro atoms. The standard InChI is InChI=1S/C15H22N2O3S/c1-3-16(11-15(19)20-2)10-14(18)17-8-4-6-12(17)13-7-5-9-21-13/h5,7,9,12H,3-4,6,8,10-11H2,1-2H3. The molecule has 116 valence electrons.